The Kier molecular flexibility index (Phi) is 3.24. The number of hydrogen-bond donors (Lipinski definition) is 1. The summed E-state index contributed by atoms with van der Waals surface area (Å²) >= 11 is 0. The van der Waals surface area contributed by atoms with Crippen LogP contribution in [0.25, 0.3) is 10.8 Å². The predicted octanol–water partition coefficient (Wildman–Crippen LogP) is 2.24. The lowest BCUT2D eigenvalue weighted by molar-refractivity contribution is -0.823. The normalized spacial score (nSPS) is 22.5. The lowest BCUT2D eigenvalue weighted by atomic mass is 9.88. The van der Waals surface area contributed by atoms with Crippen molar-refractivity contribution in [3.63, 3.8) is 0 Å². The minimum Gasteiger partial charge on any atom is -0.508 e. The van der Waals surface area contributed by atoms with Crippen molar-refractivity contribution >= 4 is 16.7 Å². The highest BCUT2D eigenvalue weighted by Crippen LogP contribution is 2.41. The number of hydrogen-bond acceptors (Lipinski definition) is 3. The van der Waals surface area contributed by atoms with Crippen molar-refractivity contribution in [1.29, 1.82) is 0 Å². The van der Waals surface area contributed by atoms with Crippen molar-refractivity contribution in [3.8, 4) is 5.75 Å². The molecule has 0 bridgehead atoms. The van der Waals surface area contributed by atoms with Crippen molar-refractivity contribution in [2.24, 2.45) is 5.92 Å². The number of phenolic OH excluding ortho intramolecular Hbond substituents is 1. The van der Waals surface area contributed by atoms with Crippen LogP contribution in [0.1, 0.15) is 18.5 Å². The number of nitrogens with zero attached hydrogens (tertiary/aromatic N) is 3. The van der Waals surface area contributed by atoms with Gasteiger partial charge in [-0.3, -0.25) is 4.79 Å². The van der Waals surface area contributed by atoms with Crippen LogP contribution in [0, 0.1) is 10.8 Å². The van der Waals surface area contributed by atoms with E-state index >= 15 is 0 Å². The molecule has 0 saturated carbocycles. The van der Waals surface area contributed by atoms with Crippen LogP contribution in [0.4, 0.5) is 0 Å². The molecule has 6 heteroatoms. The van der Waals surface area contributed by atoms with Gasteiger partial charge in [0.05, 0.1) is 24.9 Å². The van der Waals surface area contributed by atoms with Crippen LogP contribution in [0.2, 0.25) is 0 Å². The molecular formula is C16H18N3O3+. The molecule has 114 valence electrons. The molecule has 1 amide bonds. The SMILES string of the molecule is CC1C(=O)N(C)[N+](=O)N(C)C1c1c(O)ccc2ccccc12. The standard InChI is InChI=1S/C16H17N3O3/c1-10-15(17(2)19(22)18(3)16(10)21)14-12-7-5-4-6-11(12)8-9-13(14)20/h4-10,15H,1-3H3/p+1. The number of carbonyl (C=O) groups excluding carboxylic acids is 1. The molecule has 0 radical (unpaired) electrons. The Labute approximate surface area is 128 Å². The molecule has 1 aliphatic rings. The van der Waals surface area contributed by atoms with Crippen LogP contribution in [0.5, 0.6) is 5.75 Å². The van der Waals surface area contributed by atoms with Gasteiger partial charge in [-0.15, -0.1) is 5.01 Å². The highest BCUT2D eigenvalue weighted by molar-refractivity contribution is 5.89. The van der Waals surface area contributed by atoms with Gasteiger partial charge in [0.25, 0.3) is 10.9 Å². The van der Waals surface area contributed by atoms with Crippen LogP contribution in [-0.2, 0) is 4.79 Å². The van der Waals surface area contributed by atoms with E-state index in [0.29, 0.717) is 10.5 Å². The number of benzene rings is 2. The van der Waals surface area contributed by atoms with E-state index < -0.39 is 12.0 Å². The number of aromatic hydroxyl groups is 1. The van der Waals surface area contributed by atoms with E-state index in [9.17, 15) is 14.8 Å². The Balaban J connectivity index is 2.24. The number of amides is 1. The van der Waals surface area contributed by atoms with E-state index in [1.807, 2.05) is 30.3 Å². The zero-order valence-corrected chi connectivity index (χ0v) is 12.7. The highest BCUT2D eigenvalue weighted by atomic mass is 16.4. The fourth-order valence-electron chi connectivity index (χ4n) is 3.19. The second-order valence-corrected chi connectivity index (χ2v) is 5.64. The third-order valence-electron chi connectivity index (χ3n) is 4.35. The molecule has 0 aromatic heterocycles. The van der Waals surface area contributed by atoms with Gasteiger partial charge >= 0.3 is 0 Å². The third-order valence-corrected chi connectivity index (χ3v) is 4.35. The summed E-state index contributed by atoms with van der Waals surface area (Å²) in [6.07, 6.45) is 0. The van der Waals surface area contributed by atoms with Gasteiger partial charge < -0.3 is 5.11 Å². The second-order valence-electron chi connectivity index (χ2n) is 5.64. The predicted molar refractivity (Wildman–Crippen MR) is 81.7 cm³/mol. The maximum absolute atomic E-state index is 12.3. The first-order chi connectivity index (χ1) is 10.4. The van der Waals surface area contributed by atoms with Gasteiger partial charge in [-0.05, 0) is 21.8 Å². The minimum atomic E-state index is -0.521. The first-order valence-corrected chi connectivity index (χ1v) is 7.11. The van der Waals surface area contributed by atoms with E-state index in [4.69, 9.17) is 0 Å². The lowest BCUT2D eigenvalue weighted by Gasteiger charge is -2.33. The molecule has 22 heavy (non-hydrogen) atoms. The molecule has 0 spiro atoms. The molecule has 2 unspecified atom stereocenters. The molecule has 2 aromatic rings. The fraction of sp³-hybridized carbons (Fsp3) is 0.312. The van der Waals surface area contributed by atoms with E-state index in [-0.39, 0.29) is 11.7 Å². The zero-order chi connectivity index (χ0) is 16.0. The number of phenols is 1. The topological polar surface area (TPSA) is 63.9 Å². The Morgan fingerprint density at radius 3 is 2.55 bits per heavy atom. The molecular weight excluding hydrogens is 282 g/mol. The van der Waals surface area contributed by atoms with Gasteiger partial charge in [-0.25, -0.2) is 0 Å². The van der Waals surface area contributed by atoms with Crippen molar-refractivity contribution in [3.05, 3.63) is 46.9 Å². The number of hydrazine groups is 2. The summed E-state index contributed by atoms with van der Waals surface area (Å²) in [6, 6.07) is 10.5. The number of carbonyl (C=O) groups is 1. The van der Waals surface area contributed by atoms with E-state index in [1.165, 1.54) is 12.1 Å². The number of rotatable bonds is 1. The Morgan fingerprint density at radius 1 is 1.14 bits per heavy atom. The average molecular weight is 300 g/mol. The zero-order valence-electron chi connectivity index (χ0n) is 12.7. The number of nitroso groups, excluding NO2 is 1. The summed E-state index contributed by atoms with van der Waals surface area (Å²) in [4.78, 5) is 25.0. The molecule has 0 aliphatic carbocycles. The Bertz CT molecular complexity index is 752. The quantitative estimate of drug-likeness (QED) is 0.820. The van der Waals surface area contributed by atoms with Gasteiger partial charge in [-0.1, -0.05) is 37.3 Å². The Hall–Kier alpha value is -2.63. The molecule has 3 rings (SSSR count). The summed E-state index contributed by atoms with van der Waals surface area (Å²) in [5.74, 6) is -0.629. The highest BCUT2D eigenvalue weighted by Gasteiger charge is 2.49. The van der Waals surface area contributed by atoms with Crippen molar-refractivity contribution in [2.75, 3.05) is 14.1 Å². The van der Waals surface area contributed by atoms with Gasteiger partial charge in [0.15, 0.2) is 0 Å². The minimum absolute atomic E-state index is 0.0909. The van der Waals surface area contributed by atoms with Gasteiger partial charge in [0.2, 0.25) is 0 Å². The monoisotopic (exact) mass is 300 g/mol. The summed E-state index contributed by atoms with van der Waals surface area (Å²) < 4.78 is 0. The molecule has 2 atom stereocenters. The van der Waals surface area contributed by atoms with E-state index in [0.717, 1.165) is 15.8 Å². The van der Waals surface area contributed by atoms with Crippen LogP contribution in [-0.4, -0.2) is 40.1 Å². The van der Waals surface area contributed by atoms with E-state index in [2.05, 4.69) is 0 Å². The van der Waals surface area contributed by atoms with Crippen LogP contribution in [0.15, 0.2) is 36.4 Å². The first-order valence-electron chi connectivity index (χ1n) is 7.11. The van der Waals surface area contributed by atoms with Crippen LogP contribution < -0.4 is 0 Å². The van der Waals surface area contributed by atoms with Gasteiger partial charge in [-0.2, -0.15) is 0 Å². The van der Waals surface area contributed by atoms with Crippen molar-refractivity contribution < 1.29 is 14.9 Å². The fourth-order valence-corrected chi connectivity index (χ4v) is 3.19. The second kappa shape index (κ2) is 4.98. The van der Waals surface area contributed by atoms with Crippen molar-refractivity contribution in [2.45, 2.75) is 13.0 Å². The maximum atomic E-state index is 12.3. The molecule has 1 N–H and O–H groups in total. The Morgan fingerprint density at radius 2 is 1.82 bits per heavy atom. The van der Waals surface area contributed by atoms with E-state index in [1.54, 1.807) is 20.0 Å². The maximum Gasteiger partial charge on any atom is 0.290 e. The molecule has 1 saturated heterocycles. The van der Waals surface area contributed by atoms with Gasteiger partial charge in [0.1, 0.15) is 11.8 Å². The third kappa shape index (κ3) is 1.91. The van der Waals surface area contributed by atoms with Crippen LogP contribution in [0.3, 0.4) is 0 Å². The first kappa shape index (κ1) is 14.3. The molecule has 2 aromatic carbocycles. The molecule has 1 heterocycles. The molecule has 6 nitrogen and oxygen atoms in total. The number of fused-ring (bicyclic) bond motifs is 1. The lowest BCUT2D eigenvalue weighted by Crippen LogP contribution is -2.55. The molecule has 1 fully saturated rings. The largest absolute Gasteiger partial charge is 0.508 e. The molecule has 1 aliphatic heterocycles. The smallest absolute Gasteiger partial charge is 0.290 e. The van der Waals surface area contributed by atoms with Gasteiger partial charge in [0, 0.05) is 5.56 Å². The van der Waals surface area contributed by atoms with Crippen molar-refractivity contribution in [1.82, 2.24) is 10.0 Å². The van der Waals surface area contributed by atoms with Crippen LogP contribution >= 0.6 is 0 Å². The summed E-state index contributed by atoms with van der Waals surface area (Å²) in [7, 11) is 3.07. The summed E-state index contributed by atoms with van der Waals surface area (Å²) in [5.41, 5.74) is 0.607. The summed E-state index contributed by atoms with van der Waals surface area (Å²) in [5, 5.41) is 14.6. The summed E-state index contributed by atoms with van der Waals surface area (Å²) in [6.45, 7) is 1.77. The average Bonchev–Trinajstić information content (AvgIpc) is 2.53.